The molecule has 166 valence electrons. The molecule has 4 aromatic rings. The normalized spacial score (nSPS) is 11.1. The molecule has 0 aliphatic rings. The first-order valence-corrected chi connectivity index (χ1v) is 11.6. The fourth-order valence-electron chi connectivity index (χ4n) is 3.27. The Labute approximate surface area is 197 Å². The van der Waals surface area contributed by atoms with Crippen LogP contribution in [0.2, 0.25) is 0 Å². The van der Waals surface area contributed by atoms with E-state index in [2.05, 4.69) is 51.9 Å². The standard InChI is InChI=1S/C26H25N5OS/c1-18-7-11-22(12-8-18)25-29-30-26(31(25)23-13-9-19(2)10-14-23)33-17-24(32)28-27-16-21-6-4-5-20(3)15-21/h4-16H,17H2,1-3H3,(H,28,32). The Morgan fingerprint density at radius 2 is 1.64 bits per heavy atom. The van der Waals surface area contributed by atoms with E-state index in [1.165, 1.54) is 22.9 Å². The lowest BCUT2D eigenvalue weighted by atomic mass is 10.1. The van der Waals surface area contributed by atoms with Gasteiger partial charge in [0.15, 0.2) is 11.0 Å². The van der Waals surface area contributed by atoms with Crippen LogP contribution >= 0.6 is 11.8 Å². The van der Waals surface area contributed by atoms with Gasteiger partial charge in [0.25, 0.3) is 5.91 Å². The molecule has 6 nitrogen and oxygen atoms in total. The van der Waals surface area contributed by atoms with Crippen molar-refractivity contribution >= 4 is 23.9 Å². The largest absolute Gasteiger partial charge is 0.272 e. The maximum atomic E-state index is 12.4. The number of carbonyl (C=O) groups is 1. The highest BCUT2D eigenvalue weighted by atomic mass is 32.2. The summed E-state index contributed by atoms with van der Waals surface area (Å²) in [6, 6.07) is 24.3. The third-order valence-electron chi connectivity index (χ3n) is 5.01. The number of hydrazone groups is 1. The number of benzene rings is 3. The summed E-state index contributed by atoms with van der Waals surface area (Å²) in [5.74, 6) is 0.696. The Kier molecular flexibility index (Phi) is 7.00. The molecule has 0 bridgehead atoms. The zero-order valence-electron chi connectivity index (χ0n) is 18.8. The Balaban J connectivity index is 1.51. The van der Waals surface area contributed by atoms with E-state index in [9.17, 15) is 4.79 Å². The third kappa shape index (κ3) is 5.75. The van der Waals surface area contributed by atoms with E-state index < -0.39 is 0 Å². The Morgan fingerprint density at radius 1 is 0.939 bits per heavy atom. The zero-order valence-corrected chi connectivity index (χ0v) is 19.6. The average molecular weight is 456 g/mol. The van der Waals surface area contributed by atoms with Gasteiger partial charge in [0.1, 0.15) is 0 Å². The molecule has 0 atom stereocenters. The van der Waals surface area contributed by atoms with E-state index in [1.807, 2.05) is 66.9 Å². The Morgan fingerprint density at radius 3 is 2.33 bits per heavy atom. The van der Waals surface area contributed by atoms with Gasteiger partial charge in [0, 0.05) is 11.3 Å². The molecule has 0 fully saturated rings. The van der Waals surface area contributed by atoms with Gasteiger partial charge in [-0.05, 0) is 38.5 Å². The fraction of sp³-hybridized carbons (Fsp3) is 0.154. The number of thioether (sulfide) groups is 1. The number of carbonyl (C=O) groups excluding carboxylic acids is 1. The first-order chi connectivity index (χ1) is 16.0. The molecule has 7 heteroatoms. The number of hydrogen-bond donors (Lipinski definition) is 1. The van der Waals surface area contributed by atoms with Crippen LogP contribution in [-0.2, 0) is 4.79 Å². The van der Waals surface area contributed by atoms with Crippen molar-refractivity contribution in [2.75, 3.05) is 5.75 Å². The van der Waals surface area contributed by atoms with Gasteiger partial charge in [-0.3, -0.25) is 9.36 Å². The smallest absolute Gasteiger partial charge is 0.250 e. The van der Waals surface area contributed by atoms with E-state index in [-0.39, 0.29) is 11.7 Å². The van der Waals surface area contributed by atoms with Gasteiger partial charge in [-0.25, -0.2) is 5.43 Å². The molecule has 33 heavy (non-hydrogen) atoms. The molecule has 0 spiro atoms. The maximum absolute atomic E-state index is 12.4. The molecule has 0 unspecified atom stereocenters. The van der Waals surface area contributed by atoms with Gasteiger partial charge in [0.05, 0.1) is 12.0 Å². The molecule has 0 saturated heterocycles. The topological polar surface area (TPSA) is 72.2 Å². The van der Waals surface area contributed by atoms with Crippen molar-refractivity contribution < 1.29 is 4.79 Å². The first-order valence-electron chi connectivity index (χ1n) is 10.6. The average Bonchev–Trinajstić information content (AvgIpc) is 3.23. The molecule has 3 aromatic carbocycles. The molecule has 0 aliphatic heterocycles. The minimum atomic E-state index is -0.209. The first kappa shape index (κ1) is 22.5. The van der Waals surface area contributed by atoms with Gasteiger partial charge in [-0.2, -0.15) is 5.10 Å². The van der Waals surface area contributed by atoms with Crippen LogP contribution in [0.1, 0.15) is 22.3 Å². The van der Waals surface area contributed by atoms with Crippen molar-refractivity contribution in [1.82, 2.24) is 20.2 Å². The van der Waals surface area contributed by atoms with E-state index in [0.29, 0.717) is 5.16 Å². The van der Waals surface area contributed by atoms with Crippen LogP contribution in [0.25, 0.3) is 17.1 Å². The quantitative estimate of drug-likeness (QED) is 0.239. The summed E-state index contributed by atoms with van der Waals surface area (Å²) in [4.78, 5) is 12.4. The number of aromatic nitrogens is 3. The van der Waals surface area contributed by atoms with Crippen LogP contribution in [0.15, 0.2) is 83.1 Å². The maximum Gasteiger partial charge on any atom is 0.250 e. The monoisotopic (exact) mass is 455 g/mol. The van der Waals surface area contributed by atoms with E-state index in [4.69, 9.17) is 0 Å². The molecule has 0 aliphatic carbocycles. The van der Waals surface area contributed by atoms with Gasteiger partial charge in [-0.1, -0.05) is 89.1 Å². The van der Waals surface area contributed by atoms with Crippen LogP contribution < -0.4 is 5.43 Å². The molecule has 1 amide bonds. The molecule has 1 aromatic heterocycles. The van der Waals surface area contributed by atoms with Gasteiger partial charge < -0.3 is 0 Å². The number of nitrogens with one attached hydrogen (secondary N) is 1. The summed E-state index contributed by atoms with van der Waals surface area (Å²) >= 11 is 1.32. The lowest BCUT2D eigenvalue weighted by Gasteiger charge is -2.11. The molecule has 0 radical (unpaired) electrons. The highest BCUT2D eigenvalue weighted by Crippen LogP contribution is 2.28. The van der Waals surface area contributed by atoms with Crippen molar-refractivity contribution in [3.8, 4) is 17.1 Å². The fourth-order valence-corrected chi connectivity index (χ4v) is 4.02. The number of amides is 1. The van der Waals surface area contributed by atoms with Crippen molar-refractivity contribution in [3.05, 3.63) is 95.1 Å². The van der Waals surface area contributed by atoms with Crippen LogP contribution in [0.4, 0.5) is 0 Å². The summed E-state index contributed by atoms with van der Waals surface area (Å²) in [7, 11) is 0. The number of aryl methyl sites for hydroxylation is 3. The zero-order chi connectivity index (χ0) is 23.2. The Bertz CT molecular complexity index is 1280. The lowest BCUT2D eigenvalue weighted by Crippen LogP contribution is -2.20. The van der Waals surface area contributed by atoms with E-state index in [1.54, 1.807) is 6.21 Å². The third-order valence-corrected chi connectivity index (χ3v) is 5.94. The second-order valence-corrected chi connectivity index (χ2v) is 8.78. The SMILES string of the molecule is Cc1ccc(-c2nnc(SCC(=O)NN=Cc3cccc(C)c3)n2-c2ccc(C)cc2)cc1. The van der Waals surface area contributed by atoms with Crippen LogP contribution in [-0.4, -0.2) is 32.6 Å². The molecule has 0 saturated carbocycles. The van der Waals surface area contributed by atoms with Gasteiger partial charge in [-0.15, -0.1) is 10.2 Å². The predicted octanol–water partition coefficient (Wildman–Crippen LogP) is 5.10. The minimum Gasteiger partial charge on any atom is -0.272 e. The predicted molar refractivity (Wildman–Crippen MR) is 134 cm³/mol. The molecular weight excluding hydrogens is 430 g/mol. The molecule has 1 heterocycles. The second-order valence-electron chi connectivity index (χ2n) is 7.84. The van der Waals surface area contributed by atoms with Crippen molar-refractivity contribution in [3.63, 3.8) is 0 Å². The minimum absolute atomic E-state index is 0.170. The number of nitrogens with zero attached hydrogens (tertiary/aromatic N) is 4. The summed E-state index contributed by atoms with van der Waals surface area (Å²) < 4.78 is 1.98. The van der Waals surface area contributed by atoms with Crippen LogP contribution in [0, 0.1) is 20.8 Å². The van der Waals surface area contributed by atoms with Crippen LogP contribution in [0.5, 0.6) is 0 Å². The summed E-state index contributed by atoms with van der Waals surface area (Å²) in [5.41, 5.74) is 8.92. The van der Waals surface area contributed by atoms with Crippen LogP contribution in [0.3, 0.4) is 0 Å². The van der Waals surface area contributed by atoms with Gasteiger partial charge >= 0.3 is 0 Å². The second kappa shape index (κ2) is 10.3. The Hall–Kier alpha value is -3.71. The van der Waals surface area contributed by atoms with Crippen molar-refractivity contribution in [2.45, 2.75) is 25.9 Å². The summed E-state index contributed by atoms with van der Waals surface area (Å²) in [6.45, 7) is 6.12. The van der Waals surface area contributed by atoms with Crippen molar-refractivity contribution in [2.24, 2.45) is 5.10 Å². The number of rotatable bonds is 7. The summed E-state index contributed by atoms with van der Waals surface area (Å²) in [6.07, 6.45) is 1.64. The van der Waals surface area contributed by atoms with E-state index >= 15 is 0 Å². The summed E-state index contributed by atoms with van der Waals surface area (Å²) in [5, 5.41) is 13.5. The number of hydrogen-bond acceptors (Lipinski definition) is 5. The highest BCUT2D eigenvalue weighted by molar-refractivity contribution is 7.99. The molecule has 1 N–H and O–H groups in total. The highest BCUT2D eigenvalue weighted by Gasteiger charge is 2.17. The lowest BCUT2D eigenvalue weighted by molar-refractivity contribution is -0.118. The van der Waals surface area contributed by atoms with Gasteiger partial charge in [0.2, 0.25) is 0 Å². The molecule has 4 rings (SSSR count). The van der Waals surface area contributed by atoms with E-state index in [0.717, 1.165) is 28.2 Å². The van der Waals surface area contributed by atoms with Crippen molar-refractivity contribution in [1.29, 1.82) is 0 Å². The molecular formula is C26H25N5OS.